The summed E-state index contributed by atoms with van der Waals surface area (Å²) in [5.41, 5.74) is 1.36. The third-order valence-corrected chi connectivity index (χ3v) is 3.81. The molecule has 1 saturated carbocycles. The molecular formula is C13H18BrN. The van der Waals surface area contributed by atoms with Gasteiger partial charge in [-0.3, -0.25) is 0 Å². The van der Waals surface area contributed by atoms with Crippen molar-refractivity contribution in [2.45, 2.75) is 38.8 Å². The zero-order chi connectivity index (χ0) is 10.7. The molecule has 0 spiro atoms. The van der Waals surface area contributed by atoms with Crippen LogP contribution in [-0.4, -0.2) is 6.04 Å². The highest BCUT2D eigenvalue weighted by Gasteiger charge is 2.22. The monoisotopic (exact) mass is 267 g/mol. The van der Waals surface area contributed by atoms with Crippen LogP contribution in [0.5, 0.6) is 0 Å². The lowest BCUT2D eigenvalue weighted by molar-refractivity contribution is 0.426. The Morgan fingerprint density at radius 1 is 1.40 bits per heavy atom. The molecule has 2 rings (SSSR count). The second-order valence-corrected chi connectivity index (χ2v) is 5.44. The first-order valence-corrected chi connectivity index (χ1v) is 6.53. The Labute approximate surface area is 100 Å². The van der Waals surface area contributed by atoms with Crippen LogP contribution in [-0.2, 0) is 6.54 Å². The van der Waals surface area contributed by atoms with Gasteiger partial charge in [0.05, 0.1) is 0 Å². The van der Waals surface area contributed by atoms with E-state index in [4.69, 9.17) is 0 Å². The van der Waals surface area contributed by atoms with Gasteiger partial charge in [0.15, 0.2) is 0 Å². The van der Waals surface area contributed by atoms with Crippen LogP contribution in [0.2, 0.25) is 0 Å². The molecule has 1 nitrogen and oxygen atoms in total. The fraction of sp³-hybridized carbons (Fsp3) is 0.538. The van der Waals surface area contributed by atoms with Gasteiger partial charge < -0.3 is 5.32 Å². The van der Waals surface area contributed by atoms with Crippen molar-refractivity contribution >= 4 is 15.9 Å². The van der Waals surface area contributed by atoms with Crippen molar-refractivity contribution in [2.75, 3.05) is 0 Å². The maximum absolute atomic E-state index is 3.65. The maximum atomic E-state index is 3.65. The normalized spacial score (nSPS) is 25.7. The fourth-order valence-electron chi connectivity index (χ4n) is 2.34. The SMILES string of the molecule is CC1CCCC1NCc1cccc(Br)c1. The lowest BCUT2D eigenvalue weighted by atomic mass is 10.1. The minimum absolute atomic E-state index is 0.726. The van der Waals surface area contributed by atoms with Gasteiger partial charge in [0.2, 0.25) is 0 Å². The highest BCUT2D eigenvalue weighted by Crippen LogP contribution is 2.25. The largest absolute Gasteiger partial charge is 0.310 e. The van der Waals surface area contributed by atoms with E-state index in [2.05, 4.69) is 52.4 Å². The third kappa shape index (κ3) is 3.05. The molecule has 0 saturated heterocycles. The summed E-state index contributed by atoms with van der Waals surface area (Å²) < 4.78 is 1.17. The summed E-state index contributed by atoms with van der Waals surface area (Å²) in [5, 5.41) is 3.65. The average Bonchev–Trinajstić information content (AvgIpc) is 2.61. The van der Waals surface area contributed by atoms with Crippen LogP contribution >= 0.6 is 15.9 Å². The molecule has 2 unspecified atom stereocenters. The molecular weight excluding hydrogens is 250 g/mol. The summed E-state index contributed by atoms with van der Waals surface area (Å²) in [5.74, 6) is 0.845. The number of nitrogens with one attached hydrogen (secondary N) is 1. The minimum atomic E-state index is 0.726. The molecule has 0 aromatic heterocycles. The van der Waals surface area contributed by atoms with Crippen LogP contribution in [0.4, 0.5) is 0 Å². The number of benzene rings is 1. The van der Waals surface area contributed by atoms with Crippen LogP contribution < -0.4 is 5.32 Å². The molecule has 0 amide bonds. The first-order valence-electron chi connectivity index (χ1n) is 5.73. The lowest BCUT2D eigenvalue weighted by Crippen LogP contribution is -2.30. The van der Waals surface area contributed by atoms with Gasteiger partial charge in [0.1, 0.15) is 0 Å². The van der Waals surface area contributed by atoms with Gasteiger partial charge in [-0.25, -0.2) is 0 Å². The Kier molecular flexibility index (Phi) is 3.81. The molecule has 1 N–H and O–H groups in total. The molecule has 2 heteroatoms. The van der Waals surface area contributed by atoms with Gasteiger partial charge in [0.25, 0.3) is 0 Å². The Morgan fingerprint density at radius 2 is 2.27 bits per heavy atom. The van der Waals surface area contributed by atoms with Crippen molar-refractivity contribution in [3.05, 3.63) is 34.3 Å². The van der Waals surface area contributed by atoms with Crippen molar-refractivity contribution in [3.8, 4) is 0 Å². The first kappa shape index (κ1) is 11.2. The molecule has 15 heavy (non-hydrogen) atoms. The zero-order valence-corrected chi connectivity index (χ0v) is 10.8. The number of halogens is 1. The number of rotatable bonds is 3. The molecule has 82 valence electrons. The van der Waals surface area contributed by atoms with Crippen LogP contribution in [0, 0.1) is 5.92 Å². The van der Waals surface area contributed by atoms with Crippen molar-refractivity contribution in [1.82, 2.24) is 5.32 Å². The molecule has 0 bridgehead atoms. The van der Waals surface area contributed by atoms with Gasteiger partial charge in [-0.15, -0.1) is 0 Å². The molecule has 2 atom stereocenters. The smallest absolute Gasteiger partial charge is 0.0208 e. The van der Waals surface area contributed by atoms with E-state index in [1.165, 1.54) is 29.3 Å². The Morgan fingerprint density at radius 3 is 2.93 bits per heavy atom. The molecule has 0 aliphatic heterocycles. The summed E-state index contributed by atoms with van der Waals surface area (Å²) >= 11 is 3.50. The summed E-state index contributed by atoms with van der Waals surface area (Å²) in [6.07, 6.45) is 4.11. The Hall–Kier alpha value is -0.340. The molecule has 0 radical (unpaired) electrons. The van der Waals surface area contributed by atoms with E-state index in [1.54, 1.807) is 0 Å². The van der Waals surface area contributed by atoms with E-state index in [0.717, 1.165) is 18.5 Å². The van der Waals surface area contributed by atoms with Crippen molar-refractivity contribution in [2.24, 2.45) is 5.92 Å². The average molecular weight is 268 g/mol. The summed E-state index contributed by atoms with van der Waals surface area (Å²) in [4.78, 5) is 0. The fourth-order valence-corrected chi connectivity index (χ4v) is 2.79. The summed E-state index contributed by atoms with van der Waals surface area (Å²) in [6.45, 7) is 3.35. The quantitative estimate of drug-likeness (QED) is 0.880. The maximum Gasteiger partial charge on any atom is 0.0208 e. The Bertz CT molecular complexity index is 324. The second kappa shape index (κ2) is 5.13. The Balaban J connectivity index is 1.87. The molecule has 1 fully saturated rings. The van der Waals surface area contributed by atoms with Crippen molar-refractivity contribution < 1.29 is 0 Å². The minimum Gasteiger partial charge on any atom is -0.310 e. The van der Waals surface area contributed by atoms with Gasteiger partial charge in [-0.2, -0.15) is 0 Å². The standard InChI is InChI=1S/C13H18BrN/c1-10-4-2-7-13(10)15-9-11-5-3-6-12(14)8-11/h3,5-6,8,10,13,15H,2,4,7,9H2,1H3. The van der Waals surface area contributed by atoms with Crippen LogP contribution in [0.25, 0.3) is 0 Å². The number of hydrogen-bond acceptors (Lipinski definition) is 1. The topological polar surface area (TPSA) is 12.0 Å². The van der Waals surface area contributed by atoms with Crippen LogP contribution in [0.15, 0.2) is 28.7 Å². The number of hydrogen-bond donors (Lipinski definition) is 1. The van der Waals surface area contributed by atoms with Gasteiger partial charge in [-0.05, 0) is 36.5 Å². The molecule has 1 aliphatic carbocycles. The van der Waals surface area contributed by atoms with Crippen molar-refractivity contribution in [1.29, 1.82) is 0 Å². The zero-order valence-electron chi connectivity index (χ0n) is 9.17. The molecule has 1 aromatic rings. The molecule has 1 aromatic carbocycles. The third-order valence-electron chi connectivity index (χ3n) is 3.32. The molecule has 1 aliphatic rings. The van der Waals surface area contributed by atoms with E-state index >= 15 is 0 Å². The van der Waals surface area contributed by atoms with E-state index in [0.29, 0.717) is 0 Å². The van der Waals surface area contributed by atoms with E-state index in [9.17, 15) is 0 Å². The molecule has 0 heterocycles. The van der Waals surface area contributed by atoms with E-state index in [-0.39, 0.29) is 0 Å². The van der Waals surface area contributed by atoms with Crippen molar-refractivity contribution in [3.63, 3.8) is 0 Å². The van der Waals surface area contributed by atoms with Gasteiger partial charge >= 0.3 is 0 Å². The first-order chi connectivity index (χ1) is 7.25. The van der Waals surface area contributed by atoms with E-state index in [1.807, 2.05) is 0 Å². The van der Waals surface area contributed by atoms with Gasteiger partial charge in [-0.1, -0.05) is 41.4 Å². The predicted molar refractivity (Wildman–Crippen MR) is 67.8 cm³/mol. The highest BCUT2D eigenvalue weighted by atomic mass is 79.9. The van der Waals surface area contributed by atoms with Crippen LogP contribution in [0.1, 0.15) is 31.7 Å². The predicted octanol–water partition coefficient (Wildman–Crippen LogP) is 3.73. The second-order valence-electron chi connectivity index (χ2n) is 4.53. The summed E-state index contributed by atoms with van der Waals surface area (Å²) in [6, 6.07) is 9.26. The lowest BCUT2D eigenvalue weighted by Gasteiger charge is -2.17. The summed E-state index contributed by atoms with van der Waals surface area (Å²) in [7, 11) is 0. The van der Waals surface area contributed by atoms with E-state index < -0.39 is 0 Å². The van der Waals surface area contributed by atoms with Crippen LogP contribution in [0.3, 0.4) is 0 Å². The highest BCUT2D eigenvalue weighted by molar-refractivity contribution is 9.10. The van der Waals surface area contributed by atoms with Gasteiger partial charge in [0, 0.05) is 17.1 Å².